The Hall–Kier alpha value is -1.18. The largest absolute Gasteiger partial charge is 0.355 e. The molecule has 0 aromatic carbocycles. The van der Waals surface area contributed by atoms with Crippen molar-refractivity contribution in [1.29, 1.82) is 0 Å². The molecule has 1 unspecified atom stereocenters. The molecule has 1 saturated heterocycles. The van der Waals surface area contributed by atoms with E-state index in [2.05, 4.69) is 54.2 Å². The van der Waals surface area contributed by atoms with Gasteiger partial charge in [0.2, 0.25) is 5.95 Å². The van der Waals surface area contributed by atoms with Crippen molar-refractivity contribution < 1.29 is 0 Å². The van der Waals surface area contributed by atoms with Crippen LogP contribution in [0.15, 0.2) is 28.2 Å². The molecule has 2 aromatic rings. The fourth-order valence-electron chi connectivity index (χ4n) is 3.09. The van der Waals surface area contributed by atoms with Gasteiger partial charge in [-0.15, -0.1) is 11.3 Å². The minimum absolute atomic E-state index is 0.493. The number of halogens is 1. The van der Waals surface area contributed by atoms with Crippen LogP contribution in [0.3, 0.4) is 0 Å². The van der Waals surface area contributed by atoms with E-state index in [0.29, 0.717) is 6.04 Å². The Labute approximate surface area is 156 Å². The van der Waals surface area contributed by atoms with Crippen molar-refractivity contribution in [2.45, 2.75) is 25.4 Å². The Kier molecular flexibility index (Phi) is 5.73. The van der Waals surface area contributed by atoms with Gasteiger partial charge in [0.05, 0.1) is 0 Å². The molecular formula is C17H24BrN5S. The van der Waals surface area contributed by atoms with Gasteiger partial charge in [-0.25, -0.2) is 4.98 Å². The van der Waals surface area contributed by atoms with Gasteiger partial charge in [-0.3, -0.25) is 4.90 Å². The lowest BCUT2D eigenvalue weighted by Crippen LogP contribution is -2.46. The van der Waals surface area contributed by atoms with Crippen molar-refractivity contribution in [1.82, 2.24) is 14.9 Å². The molecule has 0 radical (unpaired) electrons. The van der Waals surface area contributed by atoms with Crippen LogP contribution in [0.2, 0.25) is 0 Å². The molecule has 1 fully saturated rings. The summed E-state index contributed by atoms with van der Waals surface area (Å²) in [5.41, 5.74) is 0. The van der Waals surface area contributed by atoms with Crippen molar-refractivity contribution in [3.8, 4) is 0 Å². The predicted octanol–water partition coefficient (Wildman–Crippen LogP) is 3.47. The number of likely N-dealkylation sites (N-methyl/N-ethyl adjacent to an activating group) is 1. The first kappa shape index (κ1) is 17.6. The van der Waals surface area contributed by atoms with Crippen LogP contribution in [0.4, 0.5) is 11.8 Å². The van der Waals surface area contributed by atoms with E-state index in [1.54, 1.807) is 0 Å². The molecule has 0 saturated carbocycles. The van der Waals surface area contributed by atoms with E-state index in [9.17, 15) is 0 Å². The highest BCUT2D eigenvalue weighted by atomic mass is 79.9. The van der Waals surface area contributed by atoms with Crippen LogP contribution in [0.5, 0.6) is 0 Å². The Bertz CT molecular complexity index is 675. The molecule has 5 nitrogen and oxygen atoms in total. The highest BCUT2D eigenvalue weighted by molar-refractivity contribution is 9.10. The van der Waals surface area contributed by atoms with E-state index in [1.165, 1.54) is 28.7 Å². The fourth-order valence-corrected chi connectivity index (χ4v) is 4.58. The van der Waals surface area contributed by atoms with E-state index in [1.807, 2.05) is 42.6 Å². The summed E-state index contributed by atoms with van der Waals surface area (Å²) >= 11 is 5.37. The summed E-state index contributed by atoms with van der Waals surface area (Å²) < 4.78 is 1.19. The van der Waals surface area contributed by atoms with Crippen molar-refractivity contribution in [2.24, 2.45) is 0 Å². The first-order valence-corrected chi connectivity index (χ1v) is 9.88. The maximum absolute atomic E-state index is 4.68. The van der Waals surface area contributed by atoms with Crippen molar-refractivity contribution in [2.75, 3.05) is 44.0 Å². The lowest BCUT2D eigenvalue weighted by molar-refractivity contribution is 0.200. The van der Waals surface area contributed by atoms with Gasteiger partial charge in [-0.1, -0.05) is 0 Å². The van der Waals surface area contributed by atoms with Crippen LogP contribution in [0.1, 0.15) is 17.7 Å². The molecule has 0 N–H and O–H groups in total. The molecule has 0 aliphatic carbocycles. The van der Waals surface area contributed by atoms with Crippen LogP contribution in [0.25, 0.3) is 0 Å². The lowest BCUT2D eigenvalue weighted by atomic mass is 10.0. The van der Waals surface area contributed by atoms with Crippen LogP contribution < -0.4 is 9.80 Å². The second-order valence-corrected chi connectivity index (χ2v) is 8.39. The lowest BCUT2D eigenvalue weighted by Gasteiger charge is -2.38. The second kappa shape index (κ2) is 7.80. The zero-order chi connectivity index (χ0) is 17.1. The summed E-state index contributed by atoms with van der Waals surface area (Å²) in [6, 6.07) is 4.72. The molecule has 0 spiro atoms. The summed E-state index contributed by atoms with van der Waals surface area (Å²) in [7, 11) is 6.10. The summed E-state index contributed by atoms with van der Waals surface area (Å²) in [6.45, 7) is 3.28. The number of anilines is 2. The zero-order valence-electron chi connectivity index (χ0n) is 14.4. The summed E-state index contributed by atoms with van der Waals surface area (Å²) in [6.07, 6.45) is 4.29. The number of rotatable bonds is 5. The van der Waals surface area contributed by atoms with E-state index in [4.69, 9.17) is 0 Å². The molecule has 7 heteroatoms. The van der Waals surface area contributed by atoms with Gasteiger partial charge in [0.1, 0.15) is 5.82 Å². The molecule has 24 heavy (non-hydrogen) atoms. The fraction of sp³-hybridized carbons (Fsp3) is 0.529. The third-order valence-corrected chi connectivity index (χ3v) is 6.10. The van der Waals surface area contributed by atoms with Crippen LogP contribution >= 0.6 is 27.3 Å². The molecular weight excluding hydrogens is 386 g/mol. The minimum Gasteiger partial charge on any atom is -0.355 e. The summed E-state index contributed by atoms with van der Waals surface area (Å²) in [4.78, 5) is 17.2. The van der Waals surface area contributed by atoms with Gasteiger partial charge < -0.3 is 9.80 Å². The number of hydrogen-bond donors (Lipinski definition) is 0. The maximum Gasteiger partial charge on any atom is 0.226 e. The van der Waals surface area contributed by atoms with Gasteiger partial charge in [0.25, 0.3) is 0 Å². The number of likely N-dealkylation sites (tertiary alicyclic amines) is 1. The number of aromatic nitrogens is 2. The van der Waals surface area contributed by atoms with Gasteiger partial charge in [0, 0.05) is 61.2 Å². The first-order chi connectivity index (χ1) is 11.5. The molecule has 0 amide bonds. The van der Waals surface area contributed by atoms with E-state index in [0.717, 1.165) is 24.9 Å². The average molecular weight is 410 g/mol. The van der Waals surface area contributed by atoms with Crippen LogP contribution in [0, 0.1) is 0 Å². The smallest absolute Gasteiger partial charge is 0.226 e. The van der Waals surface area contributed by atoms with Crippen LogP contribution in [-0.2, 0) is 6.54 Å². The SMILES string of the molecule is CN(C)c1nccc(N(C)C2CCCN(Cc3cc(Br)cs3)C2)n1. The van der Waals surface area contributed by atoms with E-state index < -0.39 is 0 Å². The number of piperidine rings is 1. The third-order valence-electron chi connectivity index (χ3n) is 4.42. The van der Waals surface area contributed by atoms with E-state index in [-0.39, 0.29) is 0 Å². The van der Waals surface area contributed by atoms with Gasteiger partial charge >= 0.3 is 0 Å². The molecule has 1 aliphatic heterocycles. The molecule has 130 valence electrons. The first-order valence-electron chi connectivity index (χ1n) is 8.21. The molecule has 2 aromatic heterocycles. The Balaban J connectivity index is 1.66. The van der Waals surface area contributed by atoms with Crippen molar-refractivity contribution >= 4 is 39.0 Å². The third kappa shape index (κ3) is 4.26. The average Bonchev–Trinajstić information content (AvgIpc) is 2.99. The standard InChI is InChI=1S/C17H24BrN5S/c1-21(2)17-19-7-6-16(20-17)22(3)14-5-4-8-23(10-14)11-15-9-13(18)12-24-15/h6-7,9,12,14H,4-5,8,10-11H2,1-3H3. The monoisotopic (exact) mass is 409 g/mol. The number of thiophene rings is 1. The molecule has 1 atom stereocenters. The van der Waals surface area contributed by atoms with Crippen molar-refractivity contribution in [3.05, 3.63) is 33.1 Å². The van der Waals surface area contributed by atoms with Gasteiger partial charge in [-0.2, -0.15) is 4.98 Å². The molecule has 1 aliphatic rings. The van der Waals surface area contributed by atoms with E-state index >= 15 is 0 Å². The Morgan fingerprint density at radius 2 is 2.21 bits per heavy atom. The zero-order valence-corrected chi connectivity index (χ0v) is 16.8. The topological polar surface area (TPSA) is 35.5 Å². The molecule has 3 rings (SSSR count). The molecule has 0 bridgehead atoms. The van der Waals surface area contributed by atoms with Crippen molar-refractivity contribution in [3.63, 3.8) is 0 Å². The second-order valence-electron chi connectivity index (χ2n) is 6.48. The minimum atomic E-state index is 0.493. The molecule has 3 heterocycles. The van der Waals surface area contributed by atoms with Gasteiger partial charge in [-0.05, 0) is 47.4 Å². The maximum atomic E-state index is 4.68. The summed E-state index contributed by atoms with van der Waals surface area (Å²) in [5.74, 6) is 1.76. The number of hydrogen-bond acceptors (Lipinski definition) is 6. The Morgan fingerprint density at radius 1 is 1.38 bits per heavy atom. The quantitative estimate of drug-likeness (QED) is 0.755. The number of nitrogens with zero attached hydrogens (tertiary/aromatic N) is 5. The highest BCUT2D eigenvalue weighted by Gasteiger charge is 2.24. The van der Waals surface area contributed by atoms with Crippen LogP contribution in [-0.4, -0.2) is 55.1 Å². The normalized spacial score (nSPS) is 18.6. The Morgan fingerprint density at radius 3 is 2.92 bits per heavy atom. The summed E-state index contributed by atoms with van der Waals surface area (Å²) in [5, 5.41) is 2.16. The highest BCUT2D eigenvalue weighted by Crippen LogP contribution is 2.25. The van der Waals surface area contributed by atoms with Gasteiger partial charge in [0.15, 0.2) is 0 Å². The predicted molar refractivity (Wildman–Crippen MR) is 105 cm³/mol.